The molecule has 1 N–H and O–H groups in total. The second kappa shape index (κ2) is 5.52. The molecule has 1 amide bonds. The van der Waals surface area contributed by atoms with Gasteiger partial charge in [-0.25, -0.2) is 0 Å². The predicted molar refractivity (Wildman–Crippen MR) is 69.9 cm³/mol. The largest absolute Gasteiger partial charge is 0.481 e. The summed E-state index contributed by atoms with van der Waals surface area (Å²) in [6.07, 6.45) is 1.96. The van der Waals surface area contributed by atoms with Crippen molar-refractivity contribution >= 4 is 23.2 Å². The van der Waals surface area contributed by atoms with Crippen molar-refractivity contribution in [2.24, 2.45) is 5.92 Å². The number of hydrogen-bond acceptors (Lipinski definition) is 3. The first-order valence-corrected chi connectivity index (χ1v) is 6.95. The van der Waals surface area contributed by atoms with E-state index in [9.17, 15) is 9.59 Å². The molecule has 98 valence electrons. The summed E-state index contributed by atoms with van der Waals surface area (Å²) in [4.78, 5) is 26.6. The summed E-state index contributed by atoms with van der Waals surface area (Å²) in [5, 5.41) is 8.81. The van der Waals surface area contributed by atoms with E-state index in [4.69, 9.17) is 5.11 Å². The average molecular weight is 267 g/mol. The molecule has 1 fully saturated rings. The van der Waals surface area contributed by atoms with E-state index in [0.29, 0.717) is 6.54 Å². The zero-order valence-electron chi connectivity index (χ0n) is 10.4. The number of carboxylic acids is 1. The Bertz CT molecular complexity index is 455. The molecule has 2 rings (SSSR count). The molecule has 0 spiro atoms. The first-order chi connectivity index (χ1) is 8.56. The number of rotatable bonds is 3. The number of nitrogens with zero attached hydrogens (tertiary/aromatic N) is 1. The molecule has 5 heteroatoms. The molecule has 1 saturated heterocycles. The van der Waals surface area contributed by atoms with Crippen molar-refractivity contribution in [2.75, 3.05) is 13.1 Å². The van der Waals surface area contributed by atoms with Gasteiger partial charge in [0, 0.05) is 24.4 Å². The molecule has 18 heavy (non-hydrogen) atoms. The van der Waals surface area contributed by atoms with E-state index in [1.165, 1.54) is 11.3 Å². The Morgan fingerprint density at radius 3 is 2.89 bits per heavy atom. The Morgan fingerprint density at radius 1 is 1.50 bits per heavy atom. The molecular weight excluding hydrogens is 250 g/mol. The summed E-state index contributed by atoms with van der Waals surface area (Å²) in [7, 11) is 0. The highest BCUT2D eigenvalue weighted by atomic mass is 32.1. The zero-order chi connectivity index (χ0) is 13.1. The summed E-state index contributed by atoms with van der Waals surface area (Å²) in [5.41, 5.74) is 0. The number of amides is 1. The molecule has 1 atom stereocenters. The number of carboxylic acid groups (broad SMARTS) is 1. The highest BCUT2D eigenvalue weighted by molar-refractivity contribution is 7.13. The van der Waals surface area contributed by atoms with E-state index < -0.39 is 5.97 Å². The molecule has 2 heterocycles. The van der Waals surface area contributed by atoms with E-state index in [2.05, 4.69) is 0 Å². The van der Waals surface area contributed by atoms with Gasteiger partial charge in [-0.2, -0.15) is 0 Å². The van der Waals surface area contributed by atoms with Gasteiger partial charge < -0.3 is 10.0 Å². The third-order valence-corrected chi connectivity index (χ3v) is 4.21. The molecule has 4 nitrogen and oxygen atoms in total. The lowest BCUT2D eigenvalue weighted by atomic mass is 9.95. The van der Waals surface area contributed by atoms with Gasteiger partial charge in [0.15, 0.2) is 0 Å². The predicted octanol–water partition coefficient (Wildman–Crippen LogP) is 2.38. The minimum absolute atomic E-state index is 0.0446. The molecular formula is C13H17NO3S. The Balaban J connectivity index is 2.00. The summed E-state index contributed by atoms with van der Waals surface area (Å²) in [6, 6.07) is 3.79. The van der Waals surface area contributed by atoms with Crippen LogP contribution in [0.5, 0.6) is 0 Å². The maximum Gasteiger partial charge on any atom is 0.303 e. The van der Waals surface area contributed by atoms with Crippen molar-refractivity contribution in [3.8, 4) is 0 Å². The van der Waals surface area contributed by atoms with Crippen LogP contribution in [0.15, 0.2) is 12.1 Å². The van der Waals surface area contributed by atoms with Crippen LogP contribution in [0, 0.1) is 12.8 Å². The van der Waals surface area contributed by atoms with Crippen LogP contribution in [-0.2, 0) is 4.79 Å². The minimum atomic E-state index is -0.777. The van der Waals surface area contributed by atoms with Crippen LogP contribution in [0.4, 0.5) is 0 Å². The third kappa shape index (κ3) is 3.10. The Hall–Kier alpha value is -1.36. The number of thiophene rings is 1. The fraction of sp³-hybridized carbons (Fsp3) is 0.538. The minimum Gasteiger partial charge on any atom is -0.481 e. The van der Waals surface area contributed by atoms with Crippen LogP contribution in [0.25, 0.3) is 0 Å². The van der Waals surface area contributed by atoms with E-state index in [-0.39, 0.29) is 18.2 Å². The van der Waals surface area contributed by atoms with E-state index >= 15 is 0 Å². The number of hydrogen-bond donors (Lipinski definition) is 1. The monoisotopic (exact) mass is 267 g/mol. The standard InChI is InChI=1S/C13H17NO3S/c1-9-4-5-11(18-9)13(17)14-6-2-3-10(8-14)7-12(15)16/h4-5,10H,2-3,6-8H2,1H3,(H,15,16). The van der Waals surface area contributed by atoms with Crippen molar-refractivity contribution in [2.45, 2.75) is 26.2 Å². The molecule has 0 aromatic carbocycles. The molecule has 1 unspecified atom stereocenters. The SMILES string of the molecule is Cc1ccc(C(=O)N2CCCC(CC(=O)O)C2)s1. The topological polar surface area (TPSA) is 57.6 Å². The van der Waals surface area contributed by atoms with Crippen LogP contribution < -0.4 is 0 Å². The van der Waals surface area contributed by atoms with Gasteiger partial charge >= 0.3 is 5.97 Å². The first-order valence-electron chi connectivity index (χ1n) is 6.14. The van der Waals surface area contributed by atoms with Gasteiger partial charge in [0.1, 0.15) is 0 Å². The highest BCUT2D eigenvalue weighted by Crippen LogP contribution is 2.23. The highest BCUT2D eigenvalue weighted by Gasteiger charge is 2.26. The second-order valence-corrected chi connectivity index (χ2v) is 6.06. The first kappa shape index (κ1) is 13.1. The van der Waals surface area contributed by atoms with Crippen LogP contribution in [0.1, 0.15) is 33.8 Å². The molecule has 0 bridgehead atoms. The Labute approximate surface area is 110 Å². The maximum atomic E-state index is 12.2. The smallest absolute Gasteiger partial charge is 0.303 e. The zero-order valence-corrected chi connectivity index (χ0v) is 11.2. The van der Waals surface area contributed by atoms with Crippen molar-refractivity contribution in [3.63, 3.8) is 0 Å². The average Bonchev–Trinajstić information content (AvgIpc) is 2.74. The molecule has 1 aliphatic heterocycles. The van der Waals surface area contributed by atoms with E-state index in [1.807, 2.05) is 19.1 Å². The third-order valence-electron chi connectivity index (χ3n) is 3.22. The molecule has 0 saturated carbocycles. The summed E-state index contributed by atoms with van der Waals surface area (Å²) < 4.78 is 0. The lowest BCUT2D eigenvalue weighted by molar-refractivity contribution is -0.138. The number of carbonyl (C=O) groups is 2. The lowest BCUT2D eigenvalue weighted by Gasteiger charge is -2.31. The molecule has 1 aliphatic rings. The van der Waals surface area contributed by atoms with Crippen molar-refractivity contribution in [3.05, 3.63) is 21.9 Å². The molecule has 0 radical (unpaired) electrons. The molecule has 1 aromatic heterocycles. The van der Waals surface area contributed by atoms with Crippen molar-refractivity contribution < 1.29 is 14.7 Å². The Kier molecular flexibility index (Phi) is 4.01. The second-order valence-electron chi connectivity index (χ2n) is 4.77. The van der Waals surface area contributed by atoms with Crippen LogP contribution in [-0.4, -0.2) is 35.0 Å². The number of aliphatic carboxylic acids is 1. The van der Waals surface area contributed by atoms with E-state index in [0.717, 1.165) is 29.1 Å². The quantitative estimate of drug-likeness (QED) is 0.914. The fourth-order valence-electron chi connectivity index (χ4n) is 2.37. The van der Waals surface area contributed by atoms with Gasteiger partial charge in [-0.1, -0.05) is 0 Å². The fourth-order valence-corrected chi connectivity index (χ4v) is 3.20. The number of carbonyl (C=O) groups excluding carboxylic acids is 1. The summed E-state index contributed by atoms with van der Waals surface area (Å²) in [6.45, 7) is 3.29. The van der Waals surface area contributed by atoms with Gasteiger partial charge in [0.25, 0.3) is 5.91 Å². The lowest BCUT2D eigenvalue weighted by Crippen LogP contribution is -2.40. The summed E-state index contributed by atoms with van der Waals surface area (Å²) >= 11 is 1.50. The van der Waals surface area contributed by atoms with Gasteiger partial charge in [-0.15, -0.1) is 11.3 Å². The van der Waals surface area contributed by atoms with Gasteiger partial charge in [-0.3, -0.25) is 9.59 Å². The van der Waals surface area contributed by atoms with Gasteiger partial charge in [0.05, 0.1) is 4.88 Å². The molecule has 0 aliphatic carbocycles. The van der Waals surface area contributed by atoms with Crippen LogP contribution in [0.2, 0.25) is 0 Å². The van der Waals surface area contributed by atoms with E-state index in [1.54, 1.807) is 4.90 Å². The van der Waals surface area contributed by atoms with Gasteiger partial charge in [-0.05, 0) is 37.8 Å². The Morgan fingerprint density at radius 2 is 2.28 bits per heavy atom. The van der Waals surface area contributed by atoms with Crippen molar-refractivity contribution in [1.82, 2.24) is 4.90 Å². The number of aryl methyl sites for hydroxylation is 1. The van der Waals surface area contributed by atoms with Crippen LogP contribution >= 0.6 is 11.3 Å². The van der Waals surface area contributed by atoms with Crippen LogP contribution in [0.3, 0.4) is 0 Å². The number of likely N-dealkylation sites (tertiary alicyclic amines) is 1. The molecule has 1 aromatic rings. The normalized spacial score (nSPS) is 19.8. The van der Waals surface area contributed by atoms with Crippen molar-refractivity contribution in [1.29, 1.82) is 0 Å². The summed E-state index contributed by atoms with van der Waals surface area (Å²) in [5.74, 6) is -0.634. The number of piperidine rings is 1. The van der Waals surface area contributed by atoms with Gasteiger partial charge in [0.2, 0.25) is 0 Å². The maximum absolute atomic E-state index is 12.2.